The first kappa shape index (κ1) is 18.4. The molecule has 1 atom stereocenters. The molecule has 0 saturated carbocycles. The highest BCUT2D eigenvalue weighted by molar-refractivity contribution is 6.27. The molecule has 1 aromatic rings. The molecule has 140 valence electrons. The van der Waals surface area contributed by atoms with Gasteiger partial charge in [0.2, 0.25) is 5.91 Å². The van der Waals surface area contributed by atoms with Crippen LogP contribution in [0.1, 0.15) is 5.56 Å². The molecule has 1 N–H and O–H groups in total. The van der Waals surface area contributed by atoms with Gasteiger partial charge in [-0.25, -0.2) is 0 Å². The zero-order valence-electron chi connectivity index (χ0n) is 15.0. The molecule has 0 aromatic heterocycles. The van der Waals surface area contributed by atoms with Crippen molar-refractivity contribution in [1.29, 1.82) is 0 Å². The number of amidine groups is 1. The maximum atomic E-state index is 12.4. The van der Waals surface area contributed by atoms with Crippen LogP contribution in [0.15, 0.2) is 47.6 Å². The molecule has 1 aromatic carbocycles. The summed E-state index contributed by atoms with van der Waals surface area (Å²) in [7, 11) is 3.10. The Balaban J connectivity index is 1.62. The highest BCUT2D eigenvalue weighted by atomic mass is 16.5. The predicted octanol–water partition coefficient (Wildman–Crippen LogP) is 0.829. The van der Waals surface area contributed by atoms with Crippen LogP contribution in [0, 0.1) is 5.92 Å². The fraction of sp³-hybridized carbons (Fsp3) is 0.263. The second-order valence-electron chi connectivity index (χ2n) is 5.88. The third kappa shape index (κ3) is 3.74. The third-order valence-corrected chi connectivity index (χ3v) is 4.22. The van der Waals surface area contributed by atoms with E-state index >= 15 is 0 Å². The molecule has 2 aliphatic rings. The number of ether oxygens (including phenoxy) is 2. The van der Waals surface area contributed by atoms with Crippen LogP contribution in [0.2, 0.25) is 0 Å². The van der Waals surface area contributed by atoms with E-state index in [2.05, 4.69) is 10.3 Å². The van der Waals surface area contributed by atoms with E-state index < -0.39 is 23.6 Å². The van der Waals surface area contributed by atoms with Crippen LogP contribution < -0.4 is 14.8 Å². The van der Waals surface area contributed by atoms with Crippen LogP contribution >= 0.6 is 0 Å². The zero-order valence-corrected chi connectivity index (χ0v) is 15.0. The number of rotatable bonds is 6. The zero-order chi connectivity index (χ0) is 19.4. The number of allylic oxidation sites excluding steroid dienone is 2. The molecule has 2 aliphatic heterocycles. The van der Waals surface area contributed by atoms with E-state index in [4.69, 9.17) is 9.47 Å². The quantitative estimate of drug-likeness (QED) is 0.749. The maximum absolute atomic E-state index is 12.4. The standard InChI is InChI=1S/C19H19N3O5/c1-26-13-7-6-12(11-14(13)27-2)8-9-20-17(23)16-18(24)21-15-5-3-4-10-22(15)19(16)25/h3-7,10-11,16H,8-9H2,1-2H3,(H,20,23). The van der Waals surface area contributed by atoms with Gasteiger partial charge in [0.05, 0.1) is 14.2 Å². The number of nitrogens with one attached hydrogen (secondary N) is 1. The van der Waals surface area contributed by atoms with Gasteiger partial charge >= 0.3 is 0 Å². The Hall–Kier alpha value is -3.42. The normalized spacial score (nSPS) is 18.1. The van der Waals surface area contributed by atoms with Crippen LogP contribution in [0.3, 0.4) is 0 Å². The van der Waals surface area contributed by atoms with E-state index in [-0.39, 0.29) is 12.4 Å². The second-order valence-corrected chi connectivity index (χ2v) is 5.88. The van der Waals surface area contributed by atoms with E-state index in [0.29, 0.717) is 17.9 Å². The molecule has 0 fully saturated rings. The molecular formula is C19H19N3O5. The summed E-state index contributed by atoms with van der Waals surface area (Å²) in [5.41, 5.74) is 0.915. The van der Waals surface area contributed by atoms with Gasteiger partial charge in [0.25, 0.3) is 11.8 Å². The SMILES string of the molecule is COc1ccc(CCNC(=O)C2C(=O)N=C3C=CC=CN3C2=O)cc1OC. The molecule has 3 amide bonds. The molecule has 27 heavy (non-hydrogen) atoms. The second kappa shape index (κ2) is 7.86. The predicted molar refractivity (Wildman–Crippen MR) is 97.3 cm³/mol. The summed E-state index contributed by atoms with van der Waals surface area (Å²) in [4.78, 5) is 41.9. The van der Waals surface area contributed by atoms with Gasteiger partial charge in [-0.3, -0.25) is 19.3 Å². The van der Waals surface area contributed by atoms with Gasteiger partial charge in [0.1, 0.15) is 5.84 Å². The van der Waals surface area contributed by atoms with Crippen molar-refractivity contribution < 1.29 is 23.9 Å². The van der Waals surface area contributed by atoms with Gasteiger partial charge in [-0.1, -0.05) is 12.1 Å². The Morgan fingerprint density at radius 1 is 1.19 bits per heavy atom. The minimum absolute atomic E-state index is 0.224. The van der Waals surface area contributed by atoms with Crippen molar-refractivity contribution in [3.8, 4) is 11.5 Å². The summed E-state index contributed by atoms with van der Waals surface area (Å²) in [6.07, 6.45) is 6.83. The lowest BCUT2D eigenvalue weighted by Crippen LogP contribution is -2.51. The molecule has 3 rings (SSSR count). The van der Waals surface area contributed by atoms with E-state index in [9.17, 15) is 14.4 Å². The molecule has 0 aliphatic carbocycles. The molecular weight excluding hydrogens is 350 g/mol. The maximum Gasteiger partial charge on any atom is 0.269 e. The summed E-state index contributed by atoms with van der Waals surface area (Å²) < 4.78 is 10.4. The minimum Gasteiger partial charge on any atom is -0.493 e. The Kier molecular flexibility index (Phi) is 5.35. The third-order valence-electron chi connectivity index (χ3n) is 4.22. The van der Waals surface area contributed by atoms with E-state index in [0.717, 1.165) is 5.56 Å². The smallest absolute Gasteiger partial charge is 0.269 e. The average Bonchev–Trinajstić information content (AvgIpc) is 2.67. The summed E-state index contributed by atoms with van der Waals surface area (Å²) in [5, 5.41) is 2.63. The van der Waals surface area contributed by atoms with Crippen LogP contribution in [0.4, 0.5) is 0 Å². The minimum atomic E-state index is -1.46. The Morgan fingerprint density at radius 3 is 2.70 bits per heavy atom. The Morgan fingerprint density at radius 2 is 1.96 bits per heavy atom. The fourth-order valence-electron chi connectivity index (χ4n) is 2.83. The van der Waals surface area contributed by atoms with Gasteiger partial charge in [0.15, 0.2) is 17.4 Å². The number of hydrogen-bond donors (Lipinski definition) is 1. The van der Waals surface area contributed by atoms with E-state index in [1.165, 1.54) is 11.1 Å². The molecule has 0 saturated heterocycles. The van der Waals surface area contributed by atoms with E-state index in [1.807, 2.05) is 12.1 Å². The van der Waals surface area contributed by atoms with Crippen LogP contribution in [-0.4, -0.2) is 49.2 Å². The van der Waals surface area contributed by atoms with Crippen molar-refractivity contribution in [2.75, 3.05) is 20.8 Å². The molecule has 0 spiro atoms. The number of hydrogen-bond acceptors (Lipinski definition) is 5. The van der Waals surface area contributed by atoms with Gasteiger partial charge in [0, 0.05) is 12.7 Å². The molecule has 2 heterocycles. The monoisotopic (exact) mass is 369 g/mol. The van der Waals surface area contributed by atoms with Gasteiger partial charge < -0.3 is 14.8 Å². The van der Waals surface area contributed by atoms with Crippen molar-refractivity contribution in [3.05, 3.63) is 48.2 Å². The van der Waals surface area contributed by atoms with Crippen LogP contribution in [0.25, 0.3) is 0 Å². The first-order valence-electron chi connectivity index (χ1n) is 8.34. The lowest BCUT2D eigenvalue weighted by molar-refractivity contribution is -0.144. The van der Waals surface area contributed by atoms with Gasteiger partial charge in [-0.15, -0.1) is 0 Å². The number of methoxy groups -OCH3 is 2. The molecule has 8 heteroatoms. The lowest BCUT2D eigenvalue weighted by Gasteiger charge is -2.27. The molecule has 8 nitrogen and oxygen atoms in total. The Labute approximate surface area is 156 Å². The van der Waals surface area contributed by atoms with E-state index in [1.54, 1.807) is 38.5 Å². The van der Waals surface area contributed by atoms with Crippen molar-refractivity contribution in [3.63, 3.8) is 0 Å². The first-order valence-corrected chi connectivity index (χ1v) is 8.34. The number of carbonyl (C=O) groups excluding carboxylic acids is 3. The largest absolute Gasteiger partial charge is 0.493 e. The topological polar surface area (TPSA) is 97.3 Å². The highest BCUT2D eigenvalue weighted by Gasteiger charge is 2.41. The van der Waals surface area contributed by atoms with Crippen molar-refractivity contribution >= 4 is 23.6 Å². The Bertz CT molecular complexity index is 872. The number of aliphatic imine (C=N–C) groups is 1. The number of carbonyl (C=O) groups is 3. The lowest BCUT2D eigenvalue weighted by atomic mass is 10.0. The van der Waals surface area contributed by atoms with Gasteiger partial charge in [-0.2, -0.15) is 4.99 Å². The summed E-state index contributed by atoms with van der Waals surface area (Å²) >= 11 is 0. The number of benzene rings is 1. The van der Waals surface area contributed by atoms with Crippen molar-refractivity contribution in [2.24, 2.45) is 10.9 Å². The number of amides is 3. The number of fused-ring (bicyclic) bond motifs is 1. The van der Waals surface area contributed by atoms with Crippen molar-refractivity contribution in [2.45, 2.75) is 6.42 Å². The van der Waals surface area contributed by atoms with Gasteiger partial charge in [-0.05, 0) is 36.3 Å². The van der Waals surface area contributed by atoms with Crippen LogP contribution in [-0.2, 0) is 20.8 Å². The number of nitrogens with zero attached hydrogens (tertiary/aromatic N) is 2. The molecule has 1 unspecified atom stereocenters. The summed E-state index contributed by atoms with van der Waals surface area (Å²) in [6, 6.07) is 5.44. The summed E-state index contributed by atoms with van der Waals surface area (Å²) in [6.45, 7) is 0.262. The molecule has 0 bridgehead atoms. The van der Waals surface area contributed by atoms with Crippen LogP contribution in [0.5, 0.6) is 11.5 Å². The molecule has 0 radical (unpaired) electrons. The average molecular weight is 369 g/mol. The summed E-state index contributed by atoms with van der Waals surface area (Å²) in [5.74, 6) is -2.05. The fourth-order valence-corrected chi connectivity index (χ4v) is 2.83. The van der Waals surface area contributed by atoms with Crippen molar-refractivity contribution in [1.82, 2.24) is 10.2 Å². The first-order chi connectivity index (χ1) is 13.0. The highest BCUT2D eigenvalue weighted by Crippen LogP contribution is 2.27.